The summed E-state index contributed by atoms with van der Waals surface area (Å²) in [5.41, 5.74) is 7.98. The van der Waals surface area contributed by atoms with Crippen LogP contribution in [0.5, 0.6) is 5.75 Å². The van der Waals surface area contributed by atoms with Gasteiger partial charge in [-0.3, -0.25) is 4.68 Å². The Kier molecular flexibility index (Phi) is 2.07. The molecule has 88 valence electrons. The van der Waals surface area contributed by atoms with Gasteiger partial charge in [0.2, 0.25) is 0 Å². The molecule has 2 aromatic rings. The Morgan fingerprint density at radius 2 is 2.24 bits per heavy atom. The van der Waals surface area contributed by atoms with Crippen LogP contribution in [-0.4, -0.2) is 16.4 Å². The SMILES string of the molecule is Cn1ncc(-c2cc3c(cc2F)OCC3)c1N. The normalized spacial score (nSPS) is 13.5. The Morgan fingerprint density at radius 1 is 1.41 bits per heavy atom. The summed E-state index contributed by atoms with van der Waals surface area (Å²) in [6, 6.07) is 3.22. The highest BCUT2D eigenvalue weighted by Gasteiger charge is 2.19. The van der Waals surface area contributed by atoms with Gasteiger partial charge in [0.15, 0.2) is 0 Å². The molecule has 0 saturated carbocycles. The Hall–Kier alpha value is -2.04. The number of aryl methyl sites for hydroxylation is 1. The zero-order valence-electron chi connectivity index (χ0n) is 9.40. The standard InChI is InChI=1S/C12H12FN3O/c1-16-12(14)9(6-15-16)8-4-7-2-3-17-11(7)5-10(8)13/h4-6H,2-3,14H2,1H3. The zero-order chi connectivity index (χ0) is 12.0. The summed E-state index contributed by atoms with van der Waals surface area (Å²) in [4.78, 5) is 0. The largest absolute Gasteiger partial charge is 0.493 e. The molecule has 0 atom stereocenters. The number of anilines is 1. The maximum atomic E-state index is 13.9. The van der Waals surface area contributed by atoms with Gasteiger partial charge in [-0.2, -0.15) is 5.10 Å². The Labute approximate surface area is 97.8 Å². The monoisotopic (exact) mass is 233 g/mol. The number of aromatic nitrogens is 2. The maximum Gasteiger partial charge on any atom is 0.134 e. The van der Waals surface area contributed by atoms with Crippen LogP contribution in [0.15, 0.2) is 18.3 Å². The van der Waals surface area contributed by atoms with Gasteiger partial charge in [-0.25, -0.2) is 4.39 Å². The fraction of sp³-hybridized carbons (Fsp3) is 0.250. The molecule has 1 aliphatic rings. The molecule has 0 radical (unpaired) electrons. The third-order valence-electron chi connectivity index (χ3n) is 3.05. The fourth-order valence-corrected chi connectivity index (χ4v) is 2.06. The van der Waals surface area contributed by atoms with Gasteiger partial charge in [0.1, 0.15) is 17.4 Å². The molecule has 4 nitrogen and oxygen atoms in total. The lowest BCUT2D eigenvalue weighted by atomic mass is 10.0. The van der Waals surface area contributed by atoms with Crippen LogP contribution in [0.1, 0.15) is 5.56 Å². The number of rotatable bonds is 1. The quantitative estimate of drug-likeness (QED) is 0.816. The van der Waals surface area contributed by atoms with Crippen LogP contribution in [0, 0.1) is 5.82 Å². The molecule has 1 aromatic carbocycles. The average Bonchev–Trinajstić information content (AvgIpc) is 2.86. The predicted octanol–water partition coefficient (Wildman–Crippen LogP) is 1.74. The summed E-state index contributed by atoms with van der Waals surface area (Å²) < 4.78 is 20.8. The lowest BCUT2D eigenvalue weighted by Crippen LogP contribution is -1.98. The first-order valence-corrected chi connectivity index (χ1v) is 5.40. The number of hydrogen-bond donors (Lipinski definition) is 1. The molecule has 1 aromatic heterocycles. The first-order valence-electron chi connectivity index (χ1n) is 5.40. The van der Waals surface area contributed by atoms with Gasteiger partial charge in [-0.05, 0) is 11.6 Å². The number of hydrogen-bond acceptors (Lipinski definition) is 3. The van der Waals surface area contributed by atoms with Crippen molar-refractivity contribution in [1.82, 2.24) is 9.78 Å². The number of nitrogen functional groups attached to an aromatic ring is 1. The van der Waals surface area contributed by atoms with Crippen molar-refractivity contribution in [2.45, 2.75) is 6.42 Å². The van der Waals surface area contributed by atoms with Crippen molar-refractivity contribution in [1.29, 1.82) is 0 Å². The van der Waals surface area contributed by atoms with Crippen LogP contribution in [0.4, 0.5) is 10.2 Å². The molecule has 0 amide bonds. The molecule has 3 rings (SSSR count). The second kappa shape index (κ2) is 3.48. The summed E-state index contributed by atoms with van der Waals surface area (Å²) in [6.45, 7) is 0.612. The molecule has 0 unspecified atom stereocenters. The van der Waals surface area contributed by atoms with Crippen LogP contribution in [0.25, 0.3) is 11.1 Å². The van der Waals surface area contributed by atoms with Crippen molar-refractivity contribution < 1.29 is 9.13 Å². The maximum absolute atomic E-state index is 13.9. The van der Waals surface area contributed by atoms with E-state index in [9.17, 15) is 4.39 Å². The van der Waals surface area contributed by atoms with E-state index >= 15 is 0 Å². The molecule has 5 heteroatoms. The molecular weight excluding hydrogens is 221 g/mol. The molecule has 17 heavy (non-hydrogen) atoms. The van der Waals surface area contributed by atoms with Gasteiger partial charge in [-0.15, -0.1) is 0 Å². The van der Waals surface area contributed by atoms with Crippen molar-refractivity contribution >= 4 is 5.82 Å². The van der Waals surface area contributed by atoms with Crippen molar-refractivity contribution in [2.24, 2.45) is 7.05 Å². The Balaban J connectivity index is 2.18. The smallest absolute Gasteiger partial charge is 0.134 e. The van der Waals surface area contributed by atoms with Gasteiger partial charge >= 0.3 is 0 Å². The van der Waals surface area contributed by atoms with Gasteiger partial charge in [0.05, 0.1) is 12.8 Å². The highest BCUT2D eigenvalue weighted by atomic mass is 19.1. The molecule has 0 aliphatic carbocycles. The van der Waals surface area contributed by atoms with Gasteiger partial charge in [0, 0.05) is 30.7 Å². The summed E-state index contributed by atoms with van der Waals surface area (Å²) in [5, 5.41) is 4.02. The van der Waals surface area contributed by atoms with E-state index in [4.69, 9.17) is 10.5 Å². The molecule has 0 spiro atoms. The summed E-state index contributed by atoms with van der Waals surface area (Å²) in [5.74, 6) is 0.766. The van der Waals surface area contributed by atoms with Crippen LogP contribution < -0.4 is 10.5 Å². The van der Waals surface area contributed by atoms with E-state index in [1.165, 1.54) is 10.7 Å². The fourth-order valence-electron chi connectivity index (χ4n) is 2.06. The average molecular weight is 233 g/mol. The molecule has 0 bridgehead atoms. The van der Waals surface area contributed by atoms with E-state index in [1.54, 1.807) is 19.3 Å². The lowest BCUT2D eigenvalue weighted by Gasteiger charge is -2.05. The van der Waals surface area contributed by atoms with Gasteiger partial charge in [-0.1, -0.05) is 0 Å². The van der Waals surface area contributed by atoms with E-state index in [0.717, 1.165) is 12.0 Å². The summed E-state index contributed by atoms with van der Waals surface area (Å²) in [7, 11) is 1.73. The van der Waals surface area contributed by atoms with Gasteiger partial charge < -0.3 is 10.5 Å². The first kappa shape index (κ1) is 10.1. The predicted molar refractivity (Wildman–Crippen MR) is 62.2 cm³/mol. The van der Waals surface area contributed by atoms with Crippen molar-refractivity contribution in [3.63, 3.8) is 0 Å². The van der Waals surface area contributed by atoms with E-state index in [-0.39, 0.29) is 5.82 Å². The summed E-state index contributed by atoms with van der Waals surface area (Å²) in [6.07, 6.45) is 2.39. The van der Waals surface area contributed by atoms with Crippen molar-refractivity contribution in [2.75, 3.05) is 12.3 Å². The van der Waals surface area contributed by atoms with E-state index in [0.29, 0.717) is 29.3 Å². The third-order valence-corrected chi connectivity index (χ3v) is 3.05. The van der Waals surface area contributed by atoms with Crippen LogP contribution in [0.3, 0.4) is 0 Å². The minimum absolute atomic E-state index is 0.328. The Bertz CT molecular complexity index is 592. The first-order chi connectivity index (χ1) is 8.16. The van der Waals surface area contributed by atoms with Crippen molar-refractivity contribution in [3.05, 3.63) is 29.7 Å². The number of nitrogens with two attached hydrogens (primary N) is 1. The van der Waals surface area contributed by atoms with Crippen molar-refractivity contribution in [3.8, 4) is 16.9 Å². The van der Waals surface area contributed by atoms with Crippen LogP contribution in [0.2, 0.25) is 0 Å². The number of nitrogens with zero attached hydrogens (tertiary/aromatic N) is 2. The van der Waals surface area contributed by atoms with Crippen LogP contribution in [-0.2, 0) is 13.5 Å². The molecular formula is C12H12FN3O. The topological polar surface area (TPSA) is 53.1 Å². The number of halogens is 1. The number of benzene rings is 1. The Morgan fingerprint density at radius 3 is 2.94 bits per heavy atom. The highest BCUT2D eigenvalue weighted by molar-refractivity contribution is 5.75. The molecule has 2 N–H and O–H groups in total. The van der Waals surface area contributed by atoms with Gasteiger partial charge in [0.25, 0.3) is 0 Å². The minimum atomic E-state index is -0.328. The number of fused-ring (bicyclic) bond motifs is 1. The minimum Gasteiger partial charge on any atom is -0.493 e. The zero-order valence-corrected chi connectivity index (χ0v) is 9.40. The third kappa shape index (κ3) is 1.46. The molecule has 0 saturated heterocycles. The van der Waals surface area contributed by atoms with Crippen LogP contribution >= 0.6 is 0 Å². The molecule has 1 aliphatic heterocycles. The highest BCUT2D eigenvalue weighted by Crippen LogP contribution is 2.34. The molecule has 2 heterocycles. The number of ether oxygens (including phenoxy) is 1. The second-order valence-electron chi connectivity index (χ2n) is 4.11. The summed E-state index contributed by atoms with van der Waals surface area (Å²) >= 11 is 0. The lowest BCUT2D eigenvalue weighted by molar-refractivity contribution is 0.355. The molecule has 0 fully saturated rings. The van der Waals surface area contributed by atoms with E-state index in [2.05, 4.69) is 5.10 Å². The second-order valence-corrected chi connectivity index (χ2v) is 4.11. The van der Waals surface area contributed by atoms with E-state index < -0.39 is 0 Å². The van der Waals surface area contributed by atoms with E-state index in [1.807, 2.05) is 0 Å².